The van der Waals surface area contributed by atoms with Crippen molar-refractivity contribution in [1.29, 1.82) is 0 Å². The first-order valence-corrected chi connectivity index (χ1v) is 10.7. The first-order valence-electron chi connectivity index (χ1n) is 7.80. The number of carbonyl (C=O) groups excluding carboxylic acids is 2. The number of hydrogen-bond acceptors (Lipinski definition) is 6. The van der Waals surface area contributed by atoms with Gasteiger partial charge in [-0.25, -0.2) is 8.42 Å². The molecule has 0 spiro atoms. The molecule has 6 nitrogen and oxygen atoms in total. The number of nitrogens with one attached hydrogen (secondary N) is 1. The highest BCUT2D eigenvalue weighted by Crippen LogP contribution is 2.34. The Bertz CT molecular complexity index is 923. The minimum absolute atomic E-state index is 0.169. The summed E-state index contributed by atoms with van der Waals surface area (Å²) in [4.78, 5) is 26.8. The summed E-state index contributed by atoms with van der Waals surface area (Å²) in [6.07, 6.45) is 3.16. The number of nitrogens with zero attached hydrogens (tertiary/aromatic N) is 1. The molecular weight excluding hydrogens is 392 g/mol. The first kappa shape index (κ1) is 18.8. The van der Waals surface area contributed by atoms with Crippen LogP contribution in [0.3, 0.4) is 0 Å². The van der Waals surface area contributed by atoms with Gasteiger partial charge in [-0.1, -0.05) is 54.3 Å². The van der Waals surface area contributed by atoms with E-state index in [1.54, 1.807) is 13.0 Å². The maximum atomic E-state index is 12.7. The quantitative estimate of drug-likeness (QED) is 0.603. The predicted molar refractivity (Wildman–Crippen MR) is 106 cm³/mol. The molecule has 26 heavy (non-hydrogen) atoms. The van der Waals surface area contributed by atoms with Gasteiger partial charge >= 0.3 is 0 Å². The van der Waals surface area contributed by atoms with Crippen molar-refractivity contribution in [2.75, 3.05) is 5.75 Å². The minimum atomic E-state index is -3.27. The molecule has 9 heteroatoms. The number of sulfone groups is 1. The fourth-order valence-electron chi connectivity index (χ4n) is 2.60. The number of amides is 2. The van der Waals surface area contributed by atoms with Crippen LogP contribution in [0.4, 0.5) is 0 Å². The van der Waals surface area contributed by atoms with Crippen LogP contribution < -0.4 is 5.32 Å². The predicted octanol–water partition coefficient (Wildman–Crippen LogP) is 1.70. The monoisotopic (exact) mass is 408 g/mol. The summed E-state index contributed by atoms with van der Waals surface area (Å²) in [5.74, 6) is -0.951. The number of thiocarbonyl (C=S) groups is 1. The number of hydrogen-bond donors (Lipinski definition) is 1. The van der Waals surface area contributed by atoms with Crippen molar-refractivity contribution in [3.63, 3.8) is 0 Å². The lowest BCUT2D eigenvalue weighted by Gasteiger charge is -2.23. The summed E-state index contributed by atoms with van der Waals surface area (Å²) in [6, 6.07) is 7.93. The van der Waals surface area contributed by atoms with E-state index in [1.165, 1.54) is 11.0 Å². The average Bonchev–Trinajstić information content (AvgIpc) is 3.06. The normalized spacial score (nSPS) is 24.3. The second kappa shape index (κ2) is 7.34. The van der Waals surface area contributed by atoms with E-state index in [2.05, 4.69) is 5.32 Å². The fraction of sp³-hybridized carbons (Fsp3) is 0.235. The van der Waals surface area contributed by atoms with Crippen LogP contribution in [0.25, 0.3) is 6.08 Å². The lowest BCUT2D eigenvalue weighted by molar-refractivity contribution is -0.132. The Kier molecular flexibility index (Phi) is 5.31. The zero-order chi connectivity index (χ0) is 18.9. The Labute approximate surface area is 161 Å². The molecule has 0 unspecified atom stereocenters. The second-order valence-corrected chi connectivity index (χ2v) is 9.52. The van der Waals surface area contributed by atoms with Crippen LogP contribution in [0.2, 0.25) is 0 Å². The van der Waals surface area contributed by atoms with Gasteiger partial charge in [0.1, 0.15) is 10.4 Å². The lowest BCUT2D eigenvalue weighted by Crippen LogP contribution is -2.49. The maximum Gasteiger partial charge on any atom is 0.266 e. The molecule has 1 aromatic carbocycles. The van der Waals surface area contributed by atoms with E-state index in [0.717, 1.165) is 22.7 Å². The van der Waals surface area contributed by atoms with Gasteiger partial charge in [0.2, 0.25) is 5.91 Å². The van der Waals surface area contributed by atoms with Crippen molar-refractivity contribution in [3.05, 3.63) is 52.3 Å². The molecule has 2 atom stereocenters. The van der Waals surface area contributed by atoms with Crippen LogP contribution >= 0.6 is 24.0 Å². The van der Waals surface area contributed by atoms with Gasteiger partial charge in [0.25, 0.3) is 5.91 Å². The molecule has 0 radical (unpaired) electrons. The van der Waals surface area contributed by atoms with Gasteiger partial charge in [0.05, 0.1) is 16.7 Å². The van der Waals surface area contributed by atoms with E-state index in [0.29, 0.717) is 9.23 Å². The van der Waals surface area contributed by atoms with Crippen LogP contribution in [0, 0.1) is 0 Å². The van der Waals surface area contributed by atoms with E-state index in [-0.39, 0.29) is 11.7 Å². The SMILES string of the molecule is C[C@H](C(=O)N[C@@H]1C=CS(=O)(=O)C1)N1C(=O)/C(=C/c2ccccc2)SC1=S. The Hall–Kier alpha value is -1.97. The number of benzene rings is 1. The summed E-state index contributed by atoms with van der Waals surface area (Å²) in [5, 5.41) is 3.72. The van der Waals surface area contributed by atoms with Gasteiger partial charge in [-0.3, -0.25) is 14.5 Å². The topological polar surface area (TPSA) is 83.6 Å². The first-order chi connectivity index (χ1) is 12.3. The average molecular weight is 409 g/mol. The van der Waals surface area contributed by atoms with E-state index in [4.69, 9.17) is 12.2 Å². The highest BCUT2D eigenvalue weighted by atomic mass is 32.2. The molecule has 0 aromatic heterocycles. The molecule has 0 bridgehead atoms. The second-order valence-electron chi connectivity index (χ2n) is 5.91. The van der Waals surface area contributed by atoms with Gasteiger partial charge in [-0.15, -0.1) is 0 Å². The van der Waals surface area contributed by atoms with Crippen LogP contribution in [-0.2, 0) is 19.4 Å². The van der Waals surface area contributed by atoms with Crippen molar-refractivity contribution >= 4 is 56.0 Å². The number of carbonyl (C=O) groups is 2. The standard InChI is InChI=1S/C17H16N2O4S3/c1-11(15(20)18-13-7-8-26(22,23)10-13)19-16(21)14(25-17(19)24)9-12-5-3-2-4-6-12/h2-9,11,13H,10H2,1H3,(H,18,20)/b14-9-/t11-,13-/m1/s1. The molecule has 136 valence electrons. The molecule has 2 heterocycles. The zero-order valence-corrected chi connectivity index (χ0v) is 16.2. The van der Waals surface area contributed by atoms with Crippen LogP contribution in [0.5, 0.6) is 0 Å². The van der Waals surface area contributed by atoms with Crippen LogP contribution in [-0.4, -0.2) is 47.3 Å². The summed E-state index contributed by atoms with van der Waals surface area (Å²) in [6.45, 7) is 1.57. The van der Waals surface area contributed by atoms with Crippen LogP contribution in [0.15, 0.2) is 46.7 Å². The molecule has 2 aliphatic heterocycles. The third kappa shape index (κ3) is 4.05. The molecular formula is C17H16N2O4S3. The van der Waals surface area contributed by atoms with Gasteiger partial charge in [0.15, 0.2) is 9.84 Å². The lowest BCUT2D eigenvalue weighted by atomic mass is 10.2. The van der Waals surface area contributed by atoms with E-state index < -0.39 is 27.8 Å². The molecule has 2 amide bonds. The molecule has 2 aliphatic rings. The molecule has 3 rings (SSSR count). The molecule has 1 N–H and O–H groups in total. The van der Waals surface area contributed by atoms with Crippen molar-refractivity contribution in [2.45, 2.75) is 19.0 Å². The highest BCUT2D eigenvalue weighted by molar-refractivity contribution is 8.26. The zero-order valence-electron chi connectivity index (χ0n) is 13.8. The molecule has 0 aliphatic carbocycles. The van der Waals surface area contributed by atoms with E-state index >= 15 is 0 Å². The van der Waals surface area contributed by atoms with E-state index in [9.17, 15) is 18.0 Å². The smallest absolute Gasteiger partial charge is 0.266 e. The van der Waals surface area contributed by atoms with Crippen molar-refractivity contribution in [2.24, 2.45) is 0 Å². The van der Waals surface area contributed by atoms with Gasteiger partial charge in [0, 0.05) is 5.41 Å². The van der Waals surface area contributed by atoms with Crippen molar-refractivity contribution < 1.29 is 18.0 Å². The fourth-order valence-corrected chi connectivity index (χ4v) is 5.25. The maximum absolute atomic E-state index is 12.7. The molecule has 1 aromatic rings. The van der Waals surface area contributed by atoms with Crippen LogP contribution in [0.1, 0.15) is 12.5 Å². The van der Waals surface area contributed by atoms with Gasteiger partial charge < -0.3 is 5.32 Å². The minimum Gasteiger partial charge on any atom is -0.347 e. The summed E-state index contributed by atoms with van der Waals surface area (Å²) >= 11 is 6.41. The van der Waals surface area contributed by atoms with Gasteiger partial charge in [-0.05, 0) is 24.6 Å². The van der Waals surface area contributed by atoms with Gasteiger partial charge in [-0.2, -0.15) is 0 Å². The molecule has 1 saturated heterocycles. The molecule has 1 fully saturated rings. The highest BCUT2D eigenvalue weighted by Gasteiger charge is 2.38. The van der Waals surface area contributed by atoms with Crippen molar-refractivity contribution in [3.8, 4) is 0 Å². The van der Waals surface area contributed by atoms with E-state index in [1.807, 2.05) is 30.3 Å². The number of thioether (sulfide) groups is 1. The molecule has 0 saturated carbocycles. The number of rotatable bonds is 4. The third-order valence-electron chi connectivity index (χ3n) is 3.95. The Morgan fingerprint density at radius 1 is 1.38 bits per heavy atom. The Morgan fingerprint density at radius 2 is 2.08 bits per heavy atom. The largest absolute Gasteiger partial charge is 0.347 e. The Morgan fingerprint density at radius 3 is 2.69 bits per heavy atom. The van der Waals surface area contributed by atoms with Crippen molar-refractivity contribution in [1.82, 2.24) is 10.2 Å². The summed E-state index contributed by atoms with van der Waals surface area (Å²) in [7, 11) is -3.27. The third-order valence-corrected chi connectivity index (χ3v) is 6.67. The Balaban J connectivity index is 1.71. The summed E-state index contributed by atoms with van der Waals surface area (Å²) < 4.78 is 23.2. The summed E-state index contributed by atoms with van der Waals surface area (Å²) in [5.41, 5.74) is 0.867.